The van der Waals surface area contributed by atoms with Gasteiger partial charge in [0, 0.05) is 0 Å². The summed E-state index contributed by atoms with van der Waals surface area (Å²) in [7, 11) is -4.22. The highest BCUT2D eigenvalue weighted by molar-refractivity contribution is 7.87. The van der Waals surface area contributed by atoms with Crippen LogP contribution >= 0.6 is 0 Å². The van der Waals surface area contributed by atoms with Gasteiger partial charge < -0.3 is 4.18 Å². The first-order valence-electron chi connectivity index (χ1n) is 5.22. The van der Waals surface area contributed by atoms with Gasteiger partial charge in [-0.25, -0.2) is 4.39 Å². The molecule has 0 fully saturated rings. The maximum Gasteiger partial charge on any atom is 0.342 e. The fourth-order valence-electron chi connectivity index (χ4n) is 1.40. The van der Waals surface area contributed by atoms with Crippen LogP contribution in [0.4, 0.5) is 4.39 Å². The molecule has 96 valence electrons. The van der Waals surface area contributed by atoms with Crippen molar-refractivity contribution in [3.05, 3.63) is 59.9 Å². The van der Waals surface area contributed by atoms with E-state index in [0.29, 0.717) is 5.56 Å². The number of hydrogen-bond acceptors (Lipinski definition) is 4. The van der Waals surface area contributed by atoms with Crippen LogP contribution in [0.1, 0.15) is 5.56 Å². The molecule has 0 aliphatic carbocycles. The lowest BCUT2D eigenvalue weighted by Gasteiger charge is -2.07. The largest absolute Gasteiger partial charge is 0.379 e. The molecule has 2 rings (SSSR count). The van der Waals surface area contributed by atoms with Crippen LogP contribution in [0.3, 0.4) is 0 Å². The van der Waals surface area contributed by atoms with Gasteiger partial charge in [-0.05, 0) is 36.4 Å². The quantitative estimate of drug-likeness (QED) is 0.808. The van der Waals surface area contributed by atoms with E-state index in [2.05, 4.69) is 0 Å². The van der Waals surface area contributed by atoms with Gasteiger partial charge in [-0.3, -0.25) is 0 Å². The highest BCUT2D eigenvalue weighted by Crippen LogP contribution is 2.20. The third-order valence-electron chi connectivity index (χ3n) is 2.30. The summed E-state index contributed by atoms with van der Waals surface area (Å²) >= 11 is 0. The summed E-state index contributed by atoms with van der Waals surface area (Å²) in [6.45, 7) is 0. The molecule has 0 atom stereocenters. The normalized spacial score (nSPS) is 10.7. The smallest absolute Gasteiger partial charge is 0.342 e. The molecule has 19 heavy (non-hydrogen) atoms. The van der Waals surface area contributed by atoms with Crippen molar-refractivity contribution in [3.63, 3.8) is 0 Å². The van der Waals surface area contributed by atoms with Crippen molar-refractivity contribution in [1.29, 1.82) is 5.26 Å². The van der Waals surface area contributed by atoms with E-state index in [0.717, 1.165) is 12.1 Å². The Labute approximate surface area is 109 Å². The van der Waals surface area contributed by atoms with Crippen LogP contribution in [0.25, 0.3) is 0 Å². The van der Waals surface area contributed by atoms with Gasteiger partial charge >= 0.3 is 10.1 Å². The molecule has 0 radical (unpaired) electrons. The number of nitriles is 1. The summed E-state index contributed by atoms with van der Waals surface area (Å²) in [4.78, 5) is -0.528. The Kier molecular flexibility index (Phi) is 3.49. The molecule has 6 heteroatoms. The Bertz CT molecular complexity index is 733. The van der Waals surface area contributed by atoms with E-state index in [9.17, 15) is 12.8 Å². The average molecular weight is 277 g/mol. The monoisotopic (exact) mass is 277 g/mol. The molecule has 0 heterocycles. The van der Waals surface area contributed by atoms with E-state index in [1.54, 1.807) is 0 Å². The molecule has 0 saturated carbocycles. The topological polar surface area (TPSA) is 67.2 Å². The molecule has 0 bridgehead atoms. The summed E-state index contributed by atoms with van der Waals surface area (Å²) in [6.07, 6.45) is 0. The minimum Gasteiger partial charge on any atom is -0.379 e. The highest BCUT2D eigenvalue weighted by Gasteiger charge is 2.20. The van der Waals surface area contributed by atoms with Crippen molar-refractivity contribution in [2.24, 2.45) is 0 Å². The maximum atomic E-state index is 13.4. The van der Waals surface area contributed by atoms with Gasteiger partial charge in [0.1, 0.15) is 16.5 Å². The molecule has 0 unspecified atom stereocenters. The van der Waals surface area contributed by atoms with Crippen molar-refractivity contribution < 1.29 is 17.0 Å². The zero-order chi connectivity index (χ0) is 13.9. The van der Waals surface area contributed by atoms with Crippen LogP contribution in [0.2, 0.25) is 0 Å². The van der Waals surface area contributed by atoms with Crippen molar-refractivity contribution in [2.75, 3.05) is 0 Å². The molecule has 2 aromatic carbocycles. The van der Waals surface area contributed by atoms with E-state index in [4.69, 9.17) is 9.44 Å². The van der Waals surface area contributed by atoms with Crippen molar-refractivity contribution in [1.82, 2.24) is 0 Å². The molecule has 0 aliphatic heterocycles. The van der Waals surface area contributed by atoms with Crippen molar-refractivity contribution >= 4 is 10.1 Å². The molecule has 0 saturated heterocycles. The fourth-order valence-corrected chi connectivity index (χ4v) is 2.41. The van der Waals surface area contributed by atoms with Gasteiger partial charge in [0.25, 0.3) is 0 Å². The van der Waals surface area contributed by atoms with Gasteiger partial charge in [0.05, 0.1) is 11.6 Å². The molecular weight excluding hydrogens is 269 g/mol. The van der Waals surface area contributed by atoms with Crippen molar-refractivity contribution in [3.8, 4) is 11.8 Å². The van der Waals surface area contributed by atoms with Gasteiger partial charge in [0.15, 0.2) is 0 Å². The Morgan fingerprint density at radius 2 is 1.68 bits per heavy atom. The Morgan fingerprint density at radius 1 is 1.05 bits per heavy atom. The standard InChI is InChI=1S/C13H8FNO3S/c14-12-3-1-2-4-13(12)19(16,17)18-11-7-5-10(9-15)6-8-11/h1-8H. The van der Waals surface area contributed by atoms with Gasteiger partial charge in [-0.2, -0.15) is 13.7 Å². The Hall–Kier alpha value is -2.39. The fraction of sp³-hybridized carbons (Fsp3) is 0. The first kappa shape index (κ1) is 13.1. The lowest BCUT2D eigenvalue weighted by atomic mass is 10.2. The summed E-state index contributed by atoms with van der Waals surface area (Å²) in [6, 6.07) is 12.3. The van der Waals surface area contributed by atoms with Crippen LogP contribution in [0.15, 0.2) is 53.4 Å². The van der Waals surface area contributed by atoms with Gasteiger partial charge in [0.2, 0.25) is 0 Å². The number of hydrogen-bond donors (Lipinski definition) is 0. The average Bonchev–Trinajstić information content (AvgIpc) is 2.39. The predicted octanol–water partition coefficient (Wildman–Crippen LogP) is 2.47. The highest BCUT2D eigenvalue weighted by atomic mass is 32.2. The number of benzene rings is 2. The van der Waals surface area contributed by atoms with Crippen LogP contribution in [-0.4, -0.2) is 8.42 Å². The molecule has 0 aliphatic rings. The van der Waals surface area contributed by atoms with Crippen LogP contribution in [0, 0.1) is 17.1 Å². The Balaban J connectivity index is 2.32. The van der Waals surface area contributed by atoms with Crippen LogP contribution in [-0.2, 0) is 10.1 Å². The molecule has 0 spiro atoms. The zero-order valence-corrected chi connectivity index (χ0v) is 10.4. The zero-order valence-electron chi connectivity index (χ0n) is 9.58. The molecule has 0 aromatic heterocycles. The molecule has 2 aromatic rings. The Morgan fingerprint density at radius 3 is 2.26 bits per heavy atom. The number of rotatable bonds is 3. The third-order valence-corrected chi connectivity index (χ3v) is 3.58. The second-order valence-electron chi connectivity index (χ2n) is 3.60. The van der Waals surface area contributed by atoms with E-state index in [1.165, 1.54) is 36.4 Å². The molecular formula is C13H8FNO3S. The van der Waals surface area contributed by atoms with E-state index >= 15 is 0 Å². The summed E-state index contributed by atoms with van der Waals surface area (Å²) in [5, 5.41) is 8.62. The first-order chi connectivity index (χ1) is 9.03. The van der Waals surface area contributed by atoms with E-state index in [1.807, 2.05) is 6.07 Å². The molecule has 4 nitrogen and oxygen atoms in total. The SMILES string of the molecule is N#Cc1ccc(OS(=O)(=O)c2ccccc2F)cc1. The van der Waals surface area contributed by atoms with Gasteiger partial charge in [-0.15, -0.1) is 0 Å². The second kappa shape index (κ2) is 5.08. The number of halogens is 1. The molecule has 0 N–H and O–H groups in total. The van der Waals surface area contributed by atoms with Crippen molar-refractivity contribution in [2.45, 2.75) is 4.90 Å². The van der Waals surface area contributed by atoms with E-state index < -0.39 is 20.8 Å². The number of nitrogens with zero attached hydrogens (tertiary/aromatic N) is 1. The van der Waals surface area contributed by atoms with Crippen LogP contribution < -0.4 is 4.18 Å². The lowest BCUT2D eigenvalue weighted by molar-refractivity contribution is 0.476. The minimum atomic E-state index is -4.22. The van der Waals surface area contributed by atoms with E-state index in [-0.39, 0.29) is 5.75 Å². The second-order valence-corrected chi connectivity index (χ2v) is 5.12. The third kappa shape index (κ3) is 2.89. The predicted molar refractivity (Wildman–Crippen MR) is 65.4 cm³/mol. The molecule has 0 amide bonds. The lowest BCUT2D eigenvalue weighted by Crippen LogP contribution is -2.11. The maximum absolute atomic E-state index is 13.4. The summed E-state index contributed by atoms with van der Waals surface area (Å²) < 4.78 is 41.9. The summed E-state index contributed by atoms with van der Waals surface area (Å²) in [5.74, 6) is -0.863. The minimum absolute atomic E-state index is 0.0160. The van der Waals surface area contributed by atoms with Crippen LogP contribution in [0.5, 0.6) is 5.75 Å². The first-order valence-corrected chi connectivity index (χ1v) is 6.63. The summed E-state index contributed by atoms with van der Waals surface area (Å²) in [5.41, 5.74) is 0.371. The van der Waals surface area contributed by atoms with Gasteiger partial charge in [-0.1, -0.05) is 12.1 Å².